The first-order valence-electron chi connectivity index (χ1n) is 6.27. The molecule has 1 aliphatic rings. The SMILES string of the molecule is Nc1cccc2c1N(S(=O)(=O)c1c(F)cccc1F)CC2. The Bertz CT molecular complexity index is 801. The highest BCUT2D eigenvalue weighted by Gasteiger charge is 2.36. The van der Waals surface area contributed by atoms with Crippen LogP contribution in [0, 0.1) is 11.6 Å². The smallest absolute Gasteiger partial charge is 0.270 e. The number of fused-ring (bicyclic) bond motifs is 1. The third kappa shape index (κ3) is 2.04. The summed E-state index contributed by atoms with van der Waals surface area (Å²) in [6.45, 7) is 0.111. The number of halogens is 2. The Labute approximate surface area is 120 Å². The van der Waals surface area contributed by atoms with Crippen molar-refractivity contribution in [3.8, 4) is 0 Å². The van der Waals surface area contributed by atoms with E-state index in [9.17, 15) is 17.2 Å². The van der Waals surface area contributed by atoms with Crippen LogP contribution in [0.3, 0.4) is 0 Å². The van der Waals surface area contributed by atoms with Crippen molar-refractivity contribution >= 4 is 21.4 Å². The van der Waals surface area contributed by atoms with Crippen molar-refractivity contribution < 1.29 is 17.2 Å². The van der Waals surface area contributed by atoms with Gasteiger partial charge < -0.3 is 5.73 Å². The van der Waals surface area contributed by atoms with Crippen LogP contribution in [0.4, 0.5) is 20.2 Å². The van der Waals surface area contributed by atoms with Crippen molar-refractivity contribution in [3.05, 3.63) is 53.6 Å². The van der Waals surface area contributed by atoms with Crippen LogP contribution in [0.5, 0.6) is 0 Å². The lowest BCUT2D eigenvalue weighted by Crippen LogP contribution is -2.31. The van der Waals surface area contributed by atoms with Crippen molar-refractivity contribution in [1.29, 1.82) is 0 Å². The standard InChI is InChI=1S/C14H12F2N2O2S/c15-10-4-2-5-11(16)14(10)21(19,20)18-8-7-9-3-1-6-12(17)13(9)18/h1-6H,7-8,17H2. The van der Waals surface area contributed by atoms with Crippen LogP contribution in [0.15, 0.2) is 41.3 Å². The Morgan fingerprint density at radius 2 is 1.67 bits per heavy atom. The quantitative estimate of drug-likeness (QED) is 0.866. The number of nitrogen functional groups attached to an aromatic ring is 1. The minimum Gasteiger partial charge on any atom is -0.397 e. The molecule has 2 aromatic carbocycles. The predicted molar refractivity (Wildman–Crippen MR) is 75.4 cm³/mol. The van der Waals surface area contributed by atoms with Gasteiger partial charge in [-0.2, -0.15) is 0 Å². The molecular weight excluding hydrogens is 298 g/mol. The maximum Gasteiger partial charge on any atom is 0.270 e. The van der Waals surface area contributed by atoms with Crippen molar-refractivity contribution in [2.75, 3.05) is 16.6 Å². The molecule has 110 valence electrons. The van der Waals surface area contributed by atoms with Crippen LogP contribution in [-0.4, -0.2) is 15.0 Å². The Morgan fingerprint density at radius 3 is 2.33 bits per heavy atom. The van der Waals surface area contributed by atoms with Gasteiger partial charge in [-0.05, 0) is 30.2 Å². The molecule has 0 fully saturated rings. The van der Waals surface area contributed by atoms with Crippen LogP contribution in [0.2, 0.25) is 0 Å². The van der Waals surface area contributed by atoms with E-state index in [-0.39, 0.29) is 12.2 Å². The van der Waals surface area contributed by atoms with E-state index in [1.165, 1.54) is 0 Å². The van der Waals surface area contributed by atoms with Crippen molar-refractivity contribution in [2.45, 2.75) is 11.3 Å². The Balaban J connectivity index is 2.19. The van der Waals surface area contributed by atoms with Gasteiger partial charge in [0.15, 0.2) is 4.90 Å². The minimum absolute atomic E-state index is 0.111. The molecule has 0 saturated carbocycles. The number of anilines is 2. The van der Waals surface area contributed by atoms with E-state index in [2.05, 4.69) is 0 Å². The topological polar surface area (TPSA) is 63.4 Å². The van der Waals surface area contributed by atoms with Gasteiger partial charge in [-0.15, -0.1) is 0 Å². The van der Waals surface area contributed by atoms with Crippen LogP contribution in [0.25, 0.3) is 0 Å². The molecule has 2 N–H and O–H groups in total. The molecular formula is C14H12F2N2O2S. The van der Waals surface area contributed by atoms with Crippen LogP contribution >= 0.6 is 0 Å². The average molecular weight is 310 g/mol. The summed E-state index contributed by atoms with van der Waals surface area (Å²) in [6, 6.07) is 7.98. The molecule has 0 spiro atoms. The third-order valence-corrected chi connectivity index (χ3v) is 5.30. The summed E-state index contributed by atoms with van der Waals surface area (Å²) in [6.07, 6.45) is 0.454. The van der Waals surface area contributed by atoms with E-state index in [1.807, 2.05) is 0 Å². The maximum absolute atomic E-state index is 13.8. The third-order valence-electron chi connectivity index (χ3n) is 3.45. The second kappa shape index (κ2) is 4.70. The molecule has 21 heavy (non-hydrogen) atoms. The van der Waals surface area contributed by atoms with Gasteiger partial charge in [0.05, 0.1) is 11.4 Å². The Hall–Kier alpha value is -2.15. The second-order valence-electron chi connectivity index (χ2n) is 4.73. The molecule has 0 saturated heterocycles. The summed E-state index contributed by atoms with van der Waals surface area (Å²) in [5, 5.41) is 0. The van der Waals surface area contributed by atoms with Gasteiger partial charge >= 0.3 is 0 Å². The van der Waals surface area contributed by atoms with E-state index >= 15 is 0 Å². The molecule has 3 rings (SSSR count). The van der Waals surface area contributed by atoms with Gasteiger partial charge in [-0.1, -0.05) is 18.2 Å². The highest BCUT2D eigenvalue weighted by molar-refractivity contribution is 7.92. The number of nitrogens with two attached hydrogens (primary N) is 1. The van der Waals surface area contributed by atoms with Crippen molar-refractivity contribution in [1.82, 2.24) is 0 Å². The maximum atomic E-state index is 13.8. The highest BCUT2D eigenvalue weighted by atomic mass is 32.2. The number of nitrogens with zero attached hydrogens (tertiary/aromatic N) is 1. The number of rotatable bonds is 2. The molecule has 0 aliphatic carbocycles. The van der Waals surface area contributed by atoms with Crippen LogP contribution < -0.4 is 10.0 Å². The van der Waals surface area contributed by atoms with E-state index in [0.29, 0.717) is 12.1 Å². The summed E-state index contributed by atoms with van der Waals surface area (Å²) in [4.78, 5) is -0.943. The lowest BCUT2D eigenvalue weighted by Gasteiger charge is -2.21. The summed E-state index contributed by atoms with van der Waals surface area (Å²) in [7, 11) is -4.33. The number of hydrogen-bond acceptors (Lipinski definition) is 3. The predicted octanol–water partition coefficient (Wildman–Crippen LogP) is 2.30. The summed E-state index contributed by atoms with van der Waals surface area (Å²) in [5.74, 6) is -2.23. The normalized spacial score (nSPS) is 14.3. The molecule has 0 aromatic heterocycles. The van der Waals surface area contributed by atoms with Crippen LogP contribution in [0.1, 0.15) is 5.56 Å². The molecule has 4 nitrogen and oxygen atoms in total. The summed E-state index contributed by atoms with van der Waals surface area (Å²) >= 11 is 0. The lowest BCUT2D eigenvalue weighted by molar-refractivity contribution is 0.518. The summed E-state index contributed by atoms with van der Waals surface area (Å²) in [5.41, 5.74) is 7.14. The largest absolute Gasteiger partial charge is 0.397 e. The first-order chi connectivity index (χ1) is 9.93. The molecule has 1 aliphatic heterocycles. The van der Waals surface area contributed by atoms with Crippen LogP contribution in [-0.2, 0) is 16.4 Å². The Kier molecular flexibility index (Phi) is 3.09. The van der Waals surface area contributed by atoms with Crippen molar-refractivity contribution in [2.24, 2.45) is 0 Å². The molecule has 0 atom stereocenters. The molecule has 0 amide bonds. The summed E-state index contributed by atoms with van der Waals surface area (Å²) < 4.78 is 53.7. The van der Waals surface area contributed by atoms with Gasteiger partial charge in [0.25, 0.3) is 10.0 Å². The molecule has 0 unspecified atom stereocenters. The van der Waals surface area contributed by atoms with E-state index in [1.54, 1.807) is 18.2 Å². The fourth-order valence-electron chi connectivity index (χ4n) is 2.53. The molecule has 7 heteroatoms. The first kappa shape index (κ1) is 13.8. The number of benzene rings is 2. The van der Waals surface area contributed by atoms with E-state index in [0.717, 1.165) is 28.1 Å². The zero-order valence-corrected chi connectivity index (χ0v) is 11.7. The molecule has 0 radical (unpaired) electrons. The monoisotopic (exact) mass is 310 g/mol. The molecule has 0 bridgehead atoms. The van der Waals surface area contributed by atoms with Gasteiger partial charge in [-0.25, -0.2) is 17.2 Å². The zero-order valence-electron chi connectivity index (χ0n) is 10.9. The molecule has 2 aromatic rings. The first-order valence-corrected chi connectivity index (χ1v) is 7.71. The fraction of sp³-hybridized carbons (Fsp3) is 0.143. The number of sulfonamides is 1. The van der Waals surface area contributed by atoms with Gasteiger partial charge in [0.1, 0.15) is 11.6 Å². The zero-order chi connectivity index (χ0) is 15.2. The van der Waals surface area contributed by atoms with Gasteiger partial charge in [-0.3, -0.25) is 4.31 Å². The minimum atomic E-state index is -4.33. The van der Waals surface area contributed by atoms with Gasteiger partial charge in [0.2, 0.25) is 0 Å². The van der Waals surface area contributed by atoms with Crippen molar-refractivity contribution in [3.63, 3.8) is 0 Å². The number of para-hydroxylation sites is 1. The Morgan fingerprint density at radius 1 is 1.05 bits per heavy atom. The second-order valence-corrected chi connectivity index (χ2v) is 6.53. The lowest BCUT2D eigenvalue weighted by atomic mass is 10.1. The fourth-order valence-corrected chi connectivity index (χ4v) is 4.17. The van der Waals surface area contributed by atoms with E-state index < -0.39 is 26.6 Å². The highest BCUT2D eigenvalue weighted by Crippen LogP contribution is 2.38. The average Bonchev–Trinajstić information content (AvgIpc) is 2.84. The molecule has 1 heterocycles. The van der Waals surface area contributed by atoms with E-state index in [4.69, 9.17) is 5.73 Å². The van der Waals surface area contributed by atoms with Gasteiger partial charge in [0, 0.05) is 6.54 Å². The number of hydrogen-bond donors (Lipinski definition) is 1.